The smallest absolute Gasteiger partial charge is 0.305 e. The first kappa shape index (κ1) is 29.9. The third-order valence-corrected chi connectivity index (χ3v) is 5.52. The Hall–Kier alpha value is -1.10. The van der Waals surface area contributed by atoms with Crippen molar-refractivity contribution in [1.29, 1.82) is 0 Å². The maximum absolute atomic E-state index is 12.1. The maximum atomic E-state index is 12.1. The lowest BCUT2D eigenvalue weighted by molar-refractivity contribution is -0.149. The lowest BCUT2D eigenvalue weighted by atomic mass is 10.0. The van der Waals surface area contributed by atoms with Gasteiger partial charge < -0.3 is 14.8 Å². The van der Waals surface area contributed by atoms with E-state index in [1.807, 2.05) is 0 Å². The molecule has 0 rings (SSSR count). The second kappa shape index (κ2) is 22.1. The molecule has 0 heterocycles. The fourth-order valence-electron chi connectivity index (χ4n) is 3.48. The van der Waals surface area contributed by atoms with Crippen LogP contribution in [0.4, 0.5) is 0 Å². The van der Waals surface area contributed by atoms with Crippen LogP contribution in [0.25, 0.3) is 0 Å². The second-order valence-electron chi connectivity index (χ2n) is 9.17. The average molecular weight is 442 g/mol. The number of esters is 2. The van der Waals surface area contributed by atoms with Gasteiger partial charge in [0.2, 0.25) is 0 Å². The summed E-state index contributed by atoms with van der Waals surface area (Å²) in [6.07, 6.45) is 15.2. The fraction of sp³-hybridized carbons (Fsp3) is 0.923. The molecule has 0 aliphatic carbocycles. The van der Waals surface area contributed by atoms with Crippen LogP contribution in [-0.4, -0.2) is 37.7 Å². The van der Waals surface area contributed by atoms with Crippen molar-refractivity contribution in [3.05, 3.63) is 0 Å². The standard InChI is InChI=1S/C26H51NO4/c1-5-7-9-11-13-18-25(28)30-21-24(17-15-16-20-27-23(3)4)22-31-26(29)19-14-12-10-8-6-2/h23-24,27H,5-22H2,1-4H3. The molecule has 0 aliphatic heterocycles. The first-order valence-corrected chi connectivity index (χ1v) is 13.0. The molecule has 0 amide bonds. The highest BCUT2D eigenvalue weighted by Crippen LogP contribution is 2.13. The largest absolute Gasteiger partial charge is 0.465 e. The molecule has 184 valence electrons. The molecule has 0 atom stereocenters. The quantitative estimate of drug-likeness (QED) is 0.152. The molecule has 31 heavy (non-hydrogen) atoms. The molecule has 0 saturated heterocycles. The van der Waals surface area contributed by atoms with Gasteiger partial charge >= 0.3 is 11.9 Å². The van der Waals surface area contributed by atoms with E-state index in [2.05, 4.69) is 33.0 Å². The molecule has 0 aliphatic rings. The van der Waals surface area contributed by atoms with E-state index >= 15 is 0 Å². The summed E-state index contributed by atoms with van der Waals surface area (Å²) in [4.78, 5) is 24.1. The van der Waals surface area contributed by atoms with Crippen molar-refractivity contribution in [2.24, 2.45) is 5.92 Å². The average Bonchev–Trinajstić information content (AvgIpc) is 2.74. The topological polar surface area (TPSA) is 64.6 Å². The highest BCUT2D eigenvalue weighted by atomic mass is 16.5. The Bertz CT molecular complexity index is 396. The molecule has 0 spiro atoms. The van der Waals surface area contributed by atoms with Gasteiger partial charge in [-0.15, -0.1) is 0 Å². The summed E-state index contributed by atoms with van der Waals surface area (Å²) < 4.78 is 11.0. The summed E-state index contributed by atoms with van der Waals surface area (Å²) in [5.41, 5.74) is 0. The second-order valence-corrected chi connectivity index (χ2v) is 9.17. The molecular formula is C26H51NO4. The van der Waals surface area contributed by atoms with E-state index in [9.17, 15) is 9.59 Å². The van der Waals surface area contributed by atoms with Gasteiger partial charge in [0.15, 0.2) is 0 Å². The highest BCUT2D eigenvalue weighted by Gasteiger charge is 2.15. The first-order chi connectivity index (χ1) is 15.0. The Kier molecular flexibility index (Phi) is 21.3. The number of carbonyl (C=O) groups is 2. The molecule has 0 unspecified atom stereocenters. The van der Waals surface area contributed by atoms with Gasteiger partial charge in [-0.25, -0.2) is 0 Å². The molecule has 1 N–H and O–H groups in total. The number of hydrogen-bond acceptors (Lipinski definition) is 5. The van der Waals surface area contributed by atoms with Crippen molar-refractivity contribution in [2.75, 3.05) is 19.8 Å². The third-order valence-electron chi connectivity index (χ3n) is 5.52. The Labute approximate surface area is 192 Å². The normalized spacial score (nSPS) is 11.3. The lowest BCUT2D eigenvalue weighted by Crippen LogP contribution is -2.24. The van der Waals surface area contributed by atoms with Crippen LogP contribution in [0.5, 0.6) is 0 Å². The number of nitrogens with one attached hydrogen (secondary N) is 1. The molecule has 0 radical (unpaired) electrons. The van der Waals surface area contributed by atoms with Crippen molar-refractivity contribution in [2.45, 2.75) is 130 Å². The summed E-state index contributed by atoms with van der Waals surface area (Å²) in [5, 5.41) is 3.42. The molecule has 0 aromatic rings. The van der Waals surface area contributed by atoms with Crippen LogP contribution in [-0.2, 0) is 19.1 Å². The minimum atomic E-state index is -0.120. The van der Waals surface area contributed by atoms with Crippen LogP contribution in [0, 0.1) is 5.92 Å². The summed E-state index contributed by atoms with van der Waals surface area (Å²) >= 11 is 0. The van der Waals surface area contributed by atoms with Gasteiger partial charge in [0.05, 0.1) is 13.2 Å². The van der Waals surface area contributed by atoms with E-state index in [0.717, 1.165) is 51.5 Å². The minimum Gasteiger partial charge on any atom is -0.465 e. The van der Waals surface area contributed by atoms with Gasteiger partial charge in [-0.2, -0.15) is 0 Å². The number of rotatable bonds is 22. The number of hydrogen-bond donors (Lipinski definition) is 1. The summed E-state index contributed by atoms with van der Waals surface area (Å²) in [7, 11) is 0. The van der Waals surface area contributed by atoms with Crippen molar-refractivity contribution >= 4 is 11.9 Å². The Morgan fingerprint density at radius 3 is 1.61 bits per heavy atom. The van der Waals surface area contributed by atoms with E-state index in [-0.39, 0.29) is 17.9 Å². The van der Waals surface area contributed by atoms with Gasteiger partial charge in [0.1, 0.15) is 0 Å². The zero-order valence-electron chi connectivity index (χ0n) is 21.0. The SMILES string of the molecule is CCCCCCCC(=O)OCC(CCCCNC(C)C)COC(=O)CCCCCCC. The monoisotopic (exact) mass is 441 g/mol. The zero-order chi connectivity index (χ0) is 23.2. The van der Waals surface area contributed by atoms with Gasteiger partial charge in [-0.05, 0) is 32.2 Å². The van der Waals surface area contributed by atoms with Gasteiger partial charge in [-0.3, -0.25) is 9.59 Å². The van der Waals surface area contributed by atoms with Crippen molar-refractivity contribution in [3.8, 4) is 0 Å². The minimum absolute atomic E-state index is 0.0899. The Morgan fingerprint density at radius 1 is 0.677 bits per heavy atom. The van der Waals surface area contributed by atoms with Crippen LogP contribution >= 0.6 is 0 Å². The van der Waals surface area contributed by atoms with Crippen molar-refractivity contribution in [1.82, 2.24) is 5.32 Å². The van der Waals surface area contributed by atoms with E-state index in [1.165, 1.54) is 38.5 Å². The predicted molar refractivity (Wildman–Crippen MR) is 129 cm³/mol. The van der Waals surface area contributed by atoms with Crippen LogP contribution in [0.2, 0.25) is 0 Å². The number of unbranched alkanes of at least 4 members (excludes halogenated alkanes) is 9. The Morgan fingerprint density at radius 2 is 1.16 bits per heavy atom. The van der Waals surface area contributed by atoms with E-state index < -0.39 is 0 Å². The summed E-state index contributed by atoms with van der Waals surface area (Å²) in [6, 6.07) is 0.493. The van der Waals surface area contributed by atoms with Gasteiger partial charge in [0, 0.05) is 24.8 Å². The molecule has 0 fully saturated rings. The van der Waals surface area contributed by atoms with Crippen LogP contribution in [0.3, 0.4) is 0 Å². The lowest BCUT2D eigenvalue weighted by Gasteiger charge is -2.18. The first-order valence-electron chi connectivity index (χ1n) is 13.0. The predicted octanol–water partition coefficient (Wildman–Crippen LogP) is 6.58. The molecule has 0 aromatic carbocycles. The summed E-state index contributed by atoms with van der Waals surface area (Å²) in [6.45, 7) is 10.4. The molecule has 5 heteroatoms. The molecule has 0 bridgehead atoms. The van der Waals surface area contributed by atoms with Gasteiger partial charge in [0.25, 0.3) is 0 Å². The fourth-order valence-corrected chi connectivity index (χ4v) is 3.48. The maximum Gasteiger partial charge on any atom is 0.305 e. The van der Waals surface area contributed by atoms with Crippen LogP contribution < -0.4 is 5.32 Å². The molecular weight excluding hydrogens is 390 g/mol. The van der Waals surface area contributed by atoms with E-state index in [4.69, 9.17) is 9.47 Å². The Balaban J connectivity index is 4.19. The van der Waals surface area contributed by atoms with E-state index in [1.54, 1.807) is 0 Å². The summed E-state index contributed by atoms with van der Waals surface area (Å²) in [5.74, 6) is -0.150. The highest BCUT2D eigenvalue weighted by molar-refractivity contribution is 5.69. The van der Waals surface area contributed by atoms with E-state index in [0.29, 0.717) is 32.1 Å². The van der Waals surface area contributed by atoms with Crippen molar-refractivity contribution < 1.29 is 19.1 Å². The zero-order valence-corrected chi connectivity index (χ0v) is 21.0. The van der Waals surface area contributed by atoms with Crippen LogP contribution in [0.15, 0.2) is 0 Å². The van der Waals surface area contributed by atoms with Crippen LogP contribution in [0.1, 0.15) is 124 Å². The molecule has 0 saturated carbocycles. The number of carbonyl (C=O) groups excluding carboxylic acids is 2. The third kappa shape index (κ3) is 21.9. The molecule has 0 aromatic heterocycles. The molecule has 5 nitrogen and oxygen atoms in total. The number of ether oxygens (including phenoxy) is 2. The van der Waals surface area contributed by atoms with Crippen molar-refractivity contribution in [3.63, 3.8) is 0 Å². The van der Waals surface area contributed by atoms with Gasteiger partial charge in [-0.1, -0.05) is 85.5 Å².